The molecule has 1 aliphatic rings. The van der Waals surface area contributed by atoms with Gasteiger partial charge in [-0.1, -0.05) is 6.07 Å². The monoisotopic (exact) mass is 277 g/mol. The molecule has 1 aliphatic carbocycles. The lowest BCUT2D eigenvalue weighted by Crippen LogP contribution is -2.42. The summed E-state index contributed by atoms with van der Waals surface area (Å²) in [6.45, 7) is 0. The predicted molar refractivity (Wildman–Crippen MR) is 74.6 cm³/mol. The van der Waals surface area contributed by atoms with Crippen molar-refractivity contribution in [3.8, 4) is 0 Å². The highest BCUT2D eigenvalue weighted by Gasteiger charge is 2.38. The first kappa shape index (κ1) is 14.5. The van der Waals surface area contributed by atoms with Crippen LogP contribution < -0.4 is 5.32 Å². The summed E-state index contributed by atoms with van der Waals surface area (Å²) in [5, 5.41) is 2.79. The fraction of sp³-hybridized carbons (Fsp3) is 0.467. The van der Waals surface area contributed by atoms with E-state index < -0.39 is 5.97 Å². The van der Waals surface area contributed by atoms with Crippen molar-refractivity contribution in [2.75, 3.05) is 19.5 Å². The minimum atomic E-state index is -0.423. The van der Waals surface area contributed by atoms with Crippen molar-refractivity contribution in [3.05, 3.63) is 29.8 Å². The van der Waals surface area contributed by atoms with E-state index in [1.165, 1.54) is 7.11 Å². The normalized spacial score (nSPS) is 16.1. The van der Waals surface area contributed by atoms with E-state index in [9.17, 15) is 9.59 Å². The van der Waals surface area contributed by atoms with E-state index in [1.807, 2.05) is 0 Å². The number of ether oxygens (including phenoxy) is 2. The van der Waals surface area contributed by atoms with E-state index in [0.29, 0.717) is 17.7 Å². The van der Waals surface area contributed by atoms with Gasteiger partial charge in [0.15, 0.2) is 0 Å². The maximum atomic E-state index is 12.0. The summed E-state index contributed by atoms with van der Waals surface area (Å²) in [6.07, 6.45) is 3.27. The number of hydrogen-bond donors (Lipinski definition) is 1. The minimum absolute atomic E-state index is 0.103. The molecule has 20 heavy (non-hydrogen) atoms. The van der Waals surface area contributed by atoms with Gasteiger partial charge in [0.25, 0.3) is 0 Å². The van der Waals surface area contributed by atoms with Gasteiger partial charge in [-0.3, -0.25) is 4.79 Å². The van der Waals surface area contributed by atoms with Crippen molar-refractivity contribution in [2.45, 2.75) is 31.3 Å². The van der Waals surface area contributed by atoms with Crippen LogP contribution in [0.1, 0.15) is 36.0 Å². The molecule has 0 atom stereocenters. The van der Waals surface area contributed by atoms with Crippen molar-refractivity contribution in [1.29, 1.82) is 0 Å². The number of rotatable bonds is 5. The molecule has 0 radical (unpaired) electrons. The summed E-state index contributed by atoms with van der Waals surface area (Å²) in [5.41, 5.74) is 0.697. The van der Waals surface area contributed by atoms with Crippen LogP contribution in [0, 0.1) is 0 Å². The lowest BCUT2D eigenvalue weighted by Gasteiger charge is -2.39. The molecular weight excluding hydrogens is 258 g/mol. The van der Waals surface area contributed by atoms with Crippen LogP contribution in [-0.2, 0) is 14.3 Å². The van der Waals surface area contributed by atoms with Crippen LogP contribution in [0.15, 0.2) is 24.3 Å². The number of hydrogen-bond acceptors (Lipinski definition) is 4. The highest BCUT2D eigenvalue weighted by Crippen LogP contribution is 2.38. The van der Waals surface area contributed by atoms with E-state index in [1.54, 1.807) is 31.4 Å². The molecule has 1 amide bonds. The molecule has 1 aromatic carbocycles. The molecule has 1 saturated carbocycles. The number of carbonyl (C=O) groups is 2. The molecule has 0 unspecified atom stereocenters. The van der Waals surface area contributed by atoms with Crippen LogP contribution >= 0.6 is 0 Å². The third-order valence-corrected chi connectivity index (χ3v) is 3.75. The highest BCUT2D eigenvalue weighted by molar-refractivity contribution is 5.94. The number of benzene rings is 1. The van der Waals surface area contributed by atoms with E-state index in [2.05, 4.69) is 10.1 Å². The van der Waals surface area contributed by atoms with Crippen LogP contribution in [0.5, 0.6) is 0 Å². The number of esters is 1. The number of amides is 1. The molecule has 1 N–H and O–H groups in total. The molecule has 0 aliphatic heterocycles. The average molecular weight is 277 g/mol. The second kappa shape index (κ2) is 6.05. The number of nitrogens with one attached hydrogen (secondary N) is 1. The van der Waals surface area contributed by atoms with Crippen LogP contribution in [0.25, 0.3) is 0 Å². The van der Waals surface area contributed by atoms with Gasteiger partial charge in [0, 0.05) is 12.8 Å². The smallest absolute Gasteiger partial charge is 0.337 e. The number of anilines is 1. The predicted octanol–water partition coefficient (Wildman–Crippen LogP) is 2.37. The molecule has 2 rings (SSSR count). The lowest BCUT2D eigenvalue weighted by molar-refractivity contribution is -0.129. The number of methoxy groups -OCH3 is 2. The molecule has 108 valence electrons. The Hall–Kier alpha value is -1.88. The zero-order valence-electron chi connectivity index (χ0n) is 11.8. The first-order valence-corrected chi connectivity index (χ1v) is 6.62. The van der Waals surface area contributed by atoms with Gasteiger partial charge in [-0.2, -0.15) is 0 Å². The van der Waals surface area contributed by atoms with Crippen LogP contribution in [0.2, 0.25) is 0 Å². The quantitative estimate of drug-likeness (QED) is 0.839. The van der Waals surface area contributed by atoms with Crippen molar-refractivity contribution in [3.63, 3.8) is 0 Å². The Morgan fingerprint density at radius 1 is 1.30 bits per heavy atom. The molecule has 0 spiro atoms. The highest BCUT2D eigenvalue weighted by atomic mass is 16.5. The molecule has 5 nitrogen and oxygen atoms in total. The second-order valence-corrected chi connectivity index (χ2v) is 5.04. The van der Waals surface area contributed by atoms with Crippen LogP contribution in [0.4, 0.5) is 5.69 Å². The van der Waals surface area contributed by atoms with Crippen molar-refractivity contribution in [1.82, 2.24) is 0 Å². The summed E-state index contributed by atoms with van der Waals surface area (Å²) in [4.78, 5) is 23.5. The Kier molecular flexibility index (Phi) is 4.39. The summed E-state index contributed by atoms with van der Waals surface area (Å²) >= 11 is 0. The van der Waals surface area contributed by atoms with Gasteiger partial charge in [0.2, 0.25) is 5.91 Å². The summed E-state index contributed by atoms with van der Waals surface area (Å²) in [7, 11) is 2.97. The lowest BCUT2D eigenvalue weighted by atomic mass is 9.77. The van der Waals surface area contributed by atoms with Crippen LogP contribution in [0.3, 0.4) is 0 Å². The van der Waals surface area contributed by atoms with Gasteiger partial charge in [0.1, 0.15) is 0 Å². The Bertz CT molecular complexity index is 503. The van der Waals surface area contributed by atoms with Crippen molar-refractivity contribution >= 4 is 17.6 Å². The maximum absolute atomic E-state index is 12.0. The van der Waals surface area contributed by atoms with Gasteiger partial charge >= 0.3 is 5.97 Å². The largest absolute Gasteiger partial charge is 0.465 e. The van der Waals surface area contributed by atoms with E-state index >= 15 is 0 Å². The Morgan fingerprint density at radius 3 is 2.60 bits per heavy atom. The van der Waals surface area contributed by atoms with E-state index in [0.717, 1.165) is 19.3 Å². The Morgan fingerprint density at radius 2 is 2.05 bits per heavy atom. The maximum Gasteiger partial charge on any atom is 0.337 e. The van der Waals surface area contributed by atoms with Gasteiger partial charge in [-0.05, 0) is 37.5 Å². The molecule has 0 saturated heterocycles. The molecule has 0 bridgehead atoms. The first-order chi connectivity index (χ1) is 9.58. The fourth-order valence-corrected chi connectivity index (χ4v) is 2.36. The van der Waals surface area contributed by atoms with Crippen molar-refractivity contribution < 1.29 is 19.1 Å². The molecule has 0 aromatic heterocycles. The van der Waals surface area contributed by atoms with Gasteiger partial charge in [-0.25, -0.2) is 4.79 Å². The topological polar surface area (TPSA) is 64.6 Å². The van der Waals surface area contributed by atoms with Crippen LogP contribution in [-0.4, -0.2) is 31.7 Å². The van der Waals surface area contributed by atoms with Gasteiger partial charge in [0.05, 0.1) is 24.7 Å². The Balaban J connectivity index is 1.99. The molecule has 0 heterocycles. The molecule has 5 heteroatoms. The zero-order valence-corrected chi connectivity index (χ0v) is 11.8. The SMILES string of the molecule is COC(=O)c1cccc(NC(=O)CC2(OC)CCC2)c1. The summed E-state index contributed by atoms with van der Waals surface area (Å²) in [6, 6.07) is 6.69. The van der Waals surface area contributed by atoms with Gasteiger partial charge in [-0.15, -0.1) is 0 Å². The molecular formula is C15H19NO4. The Labute approximate surface area is 118 Å². The van der Waals surface area contributed by atoms with E-state index in [4.69, 9.17) is 4.74 Å². The minimum Gasteiger partial charge on any atom is -0.465 e. The zero-order chi connectivity index (χ0) is 14.6. The van der Waals surface area contributed by atoms with Crippen molar-refractivity contribution in [2.24, 2.45) is 0 Å². The van der Waals surface area contributed by atoms with Gasteiger partial charge < -0.3 is 14.8 Å². The van der Waals surface area contributed by atoms with E-state index in [-0.39, 0.29) is 11.5 Å². The average Bonchev–Trinajstić information content (AvgIpc) is 2.42. The first-order valence-electron chi connectivity index (χ1n) is 6.62. The molecule has 1 fully saturated rings. The second-order valence-electron chi connectivity index (χ2n) is 5.04. The fourth-order valence-electron chi connectivity index (χ4n) is 2.36. The standard InChI is InChI=1S/C15H19NO4/c1-19-14(18)11-5-3-6-12(9-11)16-13(17)10-15(20-2)7-4-8-15/h3,5-6,9H,4,7-8,10H2,1-2H3,(H,16,17). The number of carbonyl (C=O) groups excluding carboxylic acids is 2. The molecule has 1 aromatic rings. The third-order valence-electron chi connectivity index (χ3n) is 3.75. The summed E-state index contributed by atoms with van der Waals surface area (Å²) < 4.78 is 10.1. The third kappa shape index (κ3) is 3.17. The summed E-state index contributed by atoms with van der Waals surface area (Å²) in [5.74, 6) is -0.526.